The predicted octanol–water partition coefficient (Wildman–Crippen LogP) is 2.85. The summed E-state index contributed by atoms with van der Waals surface area (Å²) in [7, 11) is 1.53. The monoisotopic (exact) mass is 338 g/mol. The van der Waals surface area contributed by atoms with E-state index in [9.17, 15) is 9.59 Å². The van der Waals surface area contributed by atoms with Gasteiger partial charge in [0, 0.05) is 18.7 Å². The highest BCUT2D eigenvalue weighted by molar-refractivity contribution is 6.00. The molecule has 1 aliphatic rings. The van der Waals surface area contributed by atoms with E-state index in [1.165, 1.54) is 12.7 Å². The third-order valence-electron chi connectivity index (χ3n) is 4.61. The van der Waals surface area contributed by atoms with Crippen LogP contribution in [0.5, 0.6) is 5.75 Å². The average Bonchev–Trinajstić information content (AvgIpc) is 2.97. The van der Waals surface area contributed by atoms with Gasteiger partial charge in [-0.25, -0.2) is 0 Å². The molecule has 0 radical (unpaired) electrons. The number of anilines is 1. The summed E-state index contributed by atoms with van der Waals surface area (Å²) >= 11 is 0. The summed E-state index contributed by atoms with van der Waals surface area (Å²) in [6.07, 6.45) is 0.299. The quantitative estimate of drug-likeness (QED) is 0.932. The molecule has 130 valence electrons. The van der Waals surface area contributed by atoms with Crippen molar-refractivity contribution in [2.24, 2.45) is 0 Å². The van der Waals surface area contributed by atoms with Crippen LogP contribution >= 0.6 is 0 Å². The molecule has 0 aromatic heterocycles. The van der Waals surface area contributed by atoms with E-state index in [1.807, 2.05) is 38.1 Å². The molecule has 0 aliphatic carbocycles. The van der Waals surface area contributed by atoms with Gasteiger partial charge in [0.05, 0.1) is 18.7 Å². The molecule has 1 fully saturated rings. The zero-order chi connectivity index (χ0) is 18.0. The molecule has 1 N–H and O–H groups in total. The van der Waals surface area contributed by atoms with Crippen molar-refractivity contribution in [1.82, 2.24) is 5.32 Å². The fraction of sp³-hybridized carbons (Fsp3) is 0.300. The van der Waals surface area contributed by atoms with Crippen LogP contribution in [-0.2, 0) is 4.79 Å². The van der Waals surface area contributed by atoms with Crippen molar-refractivity contribution in [3.05, 3.63) is 59.2 Å². The second-order valence-electron chi connectivity index (χ2n) is 6.35. The molecular weight excluding hydrogens is 316 g/mol. The highest BCUT2D eigenvalue weighted by atomic mass is 16.5. The Bertz CT molecular complexity index is 816. The largest absolute Gasteiger partial charge is 0.496 e. The second kappa shape index (κ2) is 6.97. The van der Waals surface area contributed by atoms with Gasteiger partial charge in [-0.1, -0.05) is 18.2 Å². The van der Waals surface area contributed by atoms with E-state index in [-0.39, 0.29) is 17.9 Å². The van der Waals surface area contributed by atoms with Gasteiger partial charge in [0.15, 0.2) is 0 Å². The lowest BCUT2D eigenvalue weighted by Crippen LogP contribution is -2.37. The molecule has 2 aromatic rings. The Morgan fingerprint density at radius 1 is 1.16 bits per heavy atom. The summed E-state index contributed by atoms with van der Waals surface area (Å²) in [4.78, 5) is 26.6. The number of aryl methyl sites for hydroxylation is 2. The Kier molecular flexibility index (Phi) is 4.74. The fourth-order valence-electron chi connectivity index (χ4n) is 3.04. The number of nitrogens with zero attached hydrogens (tertiary/aromatic N) is 1. The molecule has 5 heteroatoms. The summed E-state index contributed by atoms with van der Waals surface area (Å²) in [6, 6.07) is 12.8. The molecule has 0 saturated carbocycles. The van der Waals surface area contributed by atoms with Crippen LogP contribution in [0, 0.1) is 13.8 Å². The van der Waals surface area contributed by atoms with Crippen LogP contribution in [0.4, 0.5) is 5.69 Å². The Morgan fingerprint density at radius 2 is 1.92 bits per heavy atom. The minimum atomic E-state index is -0.225. The van der Waals surface area contributed by atoms with E-state index in [1.54, 1.807) is 23.1 Å². The first kappa shape index (κ1) is 17.0. The maximum absolute atomic E-state index is 12.5. The predicted molar refractivity (Wildman–Crippen MR) is 97.1 cm³/mol. The van der Waals surface area contributed by atoms with Crippen molar-refractivity contribution in [2.45, 2.75) is 26.3 Å². The van der Waals surface area contributed by atoms with Crippen LogP contribution in [0.1, 0.15) is 27.9 Å². The zero-order valence-corrected chi connectivity index (χ0v) is 14.7. The minimum Gasteiger partial charge on any atom is -0.496 e. The first-order valence-electron chi connectivity index (χ1n) is 8.31. The van der Waals surface area contributed by atoms with Crippen molar-refractivity contribution < 1.29 is 14.3 Å². The Labute approximate surface area is 147 Å². The Morgan fingerprint density at radius 3 is 2.64 bits per heavy atom. The number of ether oxygens (including phenoxy) is 1. The van der Waals surface area contributed by atoms with E-state index in [0.717, 1.165) is 11.3 Å². The number of carbonyl (C=O) groups is 2. The third-order valence-corrected chi connectivity index (χ3v) is 4.61. The van der Waals surface area contributed by atoms with Crippen molar-refractivity contribution in [3.8, 4) is 5.75 Å². The molecule has 1 aliphatic heterocycles. The van der Waals surface area contributed by atoms with Gasteiger partial charge in [0.2, 0.25) is 5.91 Å². The molecule has 2 amide bonds. The first-order chi connectivity index (χ1) is 12.0. The van der Waals surface area contributed by atoms with E-state index in [2.05, 4.69) is 5.32 Å². The molecule has 3 rings (SSSR count). The van der Waals surface area contributed by atoms with Gasteiger partial charge < -0.3 is 15.0 Å². The number of para-hydroxylation sites is 1. The maximum atomic E-state index is 12.5. The normalized spacial score (nSPS) is 16.8. The lowest BCUT2D eigenvalue weighted by Gasteiger charge is -2.18. The molecule has 0 spiro atoms. The van der Waals surface area contributed by atoms with Gasteiger partial charge in [0.1, 0.15) is 5.75 Å². The highest BCUT2D eigenvalue weighted by Crippen LogP contribution is 2.25. The van der Waals surface area contributed by atoms with Gasteiger partial charge in [-0.05, 0) is 49.2 Å². The van der Waals surface area contributed by atoms with Gasteiger partial charge in [-0.15, -0.1) is 0 Å². The smallest absolute Gasteiger partial charge is 0.255 e. The van der Waals surface area contributed by atoms with E-state index in [0.29, 0.717) is 24.3 Å². The van der Waals surface area contributed by atoms with E-state index >= 15 is 0 Å². The number of amides is 2. The van der Waals surface area contributed by atoms with Crippen LogP contribution in [0.2, 0.25) is 0 Å². The third kappa shape index (κ3) is 3.50. The number of methoxy groups -OCH3 is 1. The van der Waals surface area contributed by atoms with Gasteiger partial charge >= 0.3 is 0 Å². The molecule has 1 saturated heterocycles. The summed E-state index contributed by atoms with van der Waals surface area (Å²) < 4.78 is 5.23. The van der Waals surface area contributed by atoms with Crippen LogP contribution in [0.15, 0.2) is 42.5 Å². The SMILES string of the molecule is COc1ccccc1C(=O)N[C@H]1CC(=O)N(c2ccc(C)c(C)c2)C1. The van der Waals surface area contributed by atoms with Gasteiger partial charge in [0.25, 0.3) is 5.91 Å². The van der Waals surface area contributed by atoms with Crippen LogP contribution in [0.3, 0.4) is 0 Å². The number of benzene rings is 2. The molecular formula is C20H22N2O3. The number of carbonyl (C=O) groups excluding carboxylic acids is 2. The Hall–Kier alpha value is -2.82. The van der Waals surface area contributed by atoms with Crippen molar-refractivity contribution in [1.29, 1.82) is 0 Å². The van der Waals surface area contributed by atoms with Crippen molar-refractivity contribution in [2.75, 3.05) is 18.6 Å². The highest BCUT2D eigenvalue weighted by Gasteiger charge is 2.32. The molecule has 2 aromatic carbocycles. The molecule has 0 bridgehead atoms. The zero-order valence-electron chi connectivity index (χ0n) is 14.7. The summed E-state index contributed by atoms with van der Waals surface area (Å²) in [5.41, 5.74) is 3.69. The minimum absolute atomic E-state index is 0.0218. The maximum Gasteiger partial charge on any atom is 0.255 e. The lowest BCUT2D eigenvalue weighted by atomic mass is 10.1. The van der Waals surface area contributed by atoms with Crippen molar-refractivity contribution >= 4 is 17.5 Å². The average molecular weight is 338 g/mol. The molecule has 1 atom stereocenters. The Balaban J connectivity index is 1.72. The van der Waals surface area contributed by atoms with Gasteiger partial charge in [-0.2, -0.15) is 0 Å². The fourth-order valence-corrected chi connectivity index (χ4v) is 3.04. The number of rotatable bonds is 4. The summed E-state index contributed by atoms with van der Waals surface area (Å²) in [5.74, 6) is 0.320. The van der Waals surface area contributed by atoms with Crippen LogP contribution in [0.25, 0.3) is 0 Å². The lowest BCUT2D eigenvalue weighted by molar-refractivity contribution is -0.117. The molecule has 25 heavy (non-hydrogen) atoms. The van der Waals surface area contributed by atoms with E-state index < -0.39 is 0 Å². The first-order valence-corrected chi connectivity index (χ1v) is 8.31. The number of hydrogen-bond acceptors (Lipinski definition) is 3. The van der Waals surface area contributed by atoms with E-state index in [4.69, 9.17) is 4.74 Å². The summed E-state index contributed by atoms with van der Waals surface area (Å²) in [5, 5.41) is 2.94. The van der Waals surface area contributed by atoms with Crippen LogP contribution < -0.4 is 15.0 Å². The molecule has 0 unspecified atom stereocenters. The molecule has 5 nitrogen and oxygen atoms in total. The van der Waals surface area contributed by atoms with Crippen molar-refractivity contribution in [3.63, 3.8) is 0 Å². The van der Waals surface area contributed by atoms with Gasteiger partial charge in [-0.3, -0.25) is 9.59 Å². The summed E-state index contributed by atoms with van der Waals surface area (Å²) in [6.45, 7) is 4.55. The standard InChI is InChI=1S/C20H22N2O3/c1-13-8-9-16(10-14(13)2)22-12-15(11-19(22)23)21-20(24)17-6-4-5-7-18(17)25-3/h4-10,15H,11-12H2,1-3H3,(H,21,24)/t15-/m0/s1. The number of nitrogens with one attached hydrogen (secondary N) is 1. The van der Waals surface area contributed by atoms with Crippen LogP contribution in [-0.4, -0.2) is 31.5 Å². The number of hydrogen-bond donors (Lipinski definition) is 1. The molecule has 1 heterocycles. The second-order valence-corrected chi connectivity index (χ2v) is 6.35. The topological polar surface area (TPSA) is 58.6 Å².